The van der Waals surface area contributed by atoms with E-state index >= 15 is 0 Å². The van der Waals surface area contributed by atoms with Crippen molar-refractivity contribution in [2.45, 2.75) is 13.8 Å². The summed E-state index contributed by atoms with van der Waals surface area (Å²) in [5.41, 5.74) is 4.60. The van der Waals surface area contributed by atoms with Gasteiger partial charge in [0.05, 0.1) is 6.54 Å². The Morgan fingerprint density at radius 2 is 1.60 bits per heavy atom. The van der Waals surface area contributed by atoms with Gasteiger partial charge in [-0.25, -0.2) is 0 Å². The van der Waals surface area contributed by atoms with Gasteiger partial charge in [0.25, 0.3) is 17.7 Å². The van der Waals surface area contributed by atoms with Crippen LogP contribution >= 0.6 is 15.9 Å². The van der Waals surface area contributed by atoms with E-state index < -0.39 is 5.91 Å². The number of halogens is 1. The van der Waals surface area contributed by atoms with Crippen LogP contribution in [0, 0.1) is 0 Å². The molecule has 1 aromatic rings. The molecule has 0 aliphatic carbocycles. The molecule has 1 aromatic carbocycles. The summed E-state index contributed by atoms with van der Waals surface area (Å²) in [5, 5.41) is 2.69. The van der Waals surface area contributed by atoms with E-state index in [9.17, 15) is 14.4 Å². The minimum Gasteiger partial charge on any atom is -0.484 e. The molecular formula is C16H24BrN4O4+. The van der Waals surface area contributed by atoms with Gasteiger partial charge in [0.15, 0.2) is 19.7 Å². The Kier molecular flexibility index (Phi) is 9.56. The smallest absolute Gasteiger partial charge is 0.293 e. The highest BCUT2D eigenvalue weighted by Crippen LogP contribution is 2.15. The first-order valence-electron chi connectivity index (χ1n) is 8.00. The number of carbonyl (C=O) groups is 3. The predicted molar refractivity (Wildman–Crippen MR) is 95.8 cm³/mol. The largest absolute Gasteiger partial charge is 0.484 e. The molecule has 0 heterocycles. The third kappa shape index (κ3) is 9.06. The van der Waals surface area contributed by atoms with Gasteiger partial charge < -0.3 is 15.0 Å². The number of benzene rings is 1. The van der Waals surface area contributed by atoms with Crippen molar-refractivity contribution in [3.63, 3.8) is 0 Å². The van der Waals surface area contributed by atoms with E-state index in [1.807, 2.05) is 13.8 Å². The molecule has 1 atom stereocenters. The molecule has 0 bridgehead atoms. The lowest BCUT2D eigenvalue weighted by Gasteiger charge is -2.16. The van der Waals surface area contributed by atoms with Crippen molar-refractivity contribution in [3.05, 3.63) is 28.7 Å². The van der Waals surface area contributed by atoms with Crippen LogP contribution in [0.1, 0.15) is 13.8 Å². The summed E-state index contributed by atoms with van der Waals surface area (Å²) in [4.78, 5) is 35.9. The molecule has 0 saturated carbocycles. The summed E-state index contributed by atoms with van der Waals surface area (Å²) >= 11 is 3.31. The molecule has 1 unspecified atom stereocenters. The van der Waals surface area contributed by atoms with Gasteiger partial charge in [-0.2, -0.15) is 0 Å². The first kappa shape index (κ1) is 20.9. The number of quaternary nitrogens is 1. The van der Waals surface area contributed by atoms with Crippen molar-refractivity contribution in [1.82, 2.24) is 16.2 Å². The summed E-state index contributed by atoms with van der Waals surface area (Å²) < 4.78 is 6.20. The van der Waals surface area contributed by atoms with Crippen LogP contribution in [0.25, 0.3) is 0 Å². The normalized spacial score (nSPS) is 11.3. The molecule has 8 nitrogen and oxygen atoms in total. The van der Waals surface area contributed by atoms with Gasteiger partial charge >= 0.3 is 0 Å². The number of hydrogen-bond donors (Lipinski definition) is 4. The van der Waals surface area contributed by atoms with Crippen molar-refractivity contribution < 1.29 is 24.0 Å². The maximum absolute atomic E-state index is 11.8. The topological polar surface area (TPSA) is 101 Å². The summed E-state index contributed by atoms with van der Waals surface area (Å²) in [6.07, 6.45) is 0. The van der Waals surface area contributed by atoms with Crippen molar-refractivity contribution in [2.24, 2.45) is 0 Å². The minimum absolute atomic E-state index is 0.0848. The fraction of sp³-hybridized carbons (Fsp3) is 0.438. The second kappa shape index (κ2) is 11.4. The minimum atomic E-state index is -0.474. The zero-order chi connectivity index (χ0) is 18.7. The van der Waals surface area contributed by atoms with Crippen molar-refractivity contribution >= 4 is 33.7 Å². The first-order valence-corrected chi connectivity index (χ1v) is 8.80. The zero-order valence-corrected chi connectivity index (χ0v) is 15.9. The summed E-state index contributed by atoms with van der Waals surface area (Å²) in [7, 11) is 0. The van der Waals surface area contributed by atoms with Crippen LogP contribution in [0.3, 0.4) is 0 Å². The average molecular weight is 416 g/mol. The van der Waals surface area contributed by atoms with Crippen LogP contribution in [0.15, 0.2) is 28.7 Å². The molecular weight excluding hydrogens is 392 g/mol. The van der Waals surface area contributed by atoms with Gasteiger partial charge in [0.2, 0.25) is 0 Å². The molecule has 0 aromatic heterocycles. The highest BCUT2D eigenvalue weighted by Gasteiger charge is 2.16. The standard InChI is InChI=1S/C16H23BrN4O4/c1-3-18-14(22)9-21(4-2)10-15(23)19-20-16(24)11-25-13-7-5-12(17)6-8-13/h5-8H,3-4,9-11H2,1-2H3,(H,18,22)(H,19,23)(H,20,24)/p+1. The van der Waals surface area contributed by atoms with Gasteiger partial charge in [-0.15, -0.1) is 0 Å². The number of ether oxygens (including phenoxy) is 1. The number of hydrogen-bond acceptors (Lipinski definition) is 4. The molecule has 138 valence electrons. The van der Waals surface area contributed by atoms with E-state index in [-0.39, 0.29) is 31.5 Å². The fourth-order valence-electron chi connectivity index (χ4n) is 1.93. The maximum atomic E-state index is 11.8. The highest BCUT2D eigenvalue weighted by molar-refractivity contribution is 9.10. The fourth-order valence-corrected chi connectivity index (χ4v) is 2.19. The molecule has 1 rings (SSSR count). The Morgan fingerprint density at radius 3 is 2.20 bits per heavy atom. The number of nitrogens with one attached hydrogen (secondary N) is 4. The van der Waals surface area contributed by atoms with Gasteiger partial charge in [-0.1, -0.05) is 15.9 Å². The van der Waals surface area contributed by atoms with E-state index in [1.165, 1.54) is 0 Å². The number of likely N-dealkylation sites (N-methyl/N-ethyl adjacent to an activating group) is 2. The lowest BCUT2D eigenvalue weighted by Crippen LogP contribution is -3.14. The molecule has 0 spiro atoms. The van der Waals surface area contributed by atoms with Crippen LogP contribution in [-0.2, 0) is 14.4 Å². The van der Waals surface area contributed by atoms with E-state index in [0.717, 1.165) is 9.37 Å². The molecule has 4 N–H and O–H groups in total. The van der Waals surface area contributed by atoms with E-state index in [2.05, 4.69) is 32.1 Å². The second-order valence-electron chi connectivity index (χ2n) is 5.25. The molecule has 0 aliphatic heterocycles. The van der Waals surface area contributed by atoms with Gasteiger partial charge in [0.1, 0.15) is 5.75 Å². The maximum Gasteiger partial charge on any atom is 0.293 e. The lowest BCUT2D eigenvalue weighted by atomic mass is 10.3. The third-order valence-corrected chi connectivity index (χ3v) is 3.75. The number of hydrazine groups is 1. The summed E-state index contributed by atoms with van der Waals surface area (Å²) in [6, 6.07) is 7.04. The quantitative estimate of drug-likeness (QED) is 0.389. The Bertz CT molecular complexity index is 580. The SMILES string of the molecule is CCNC(=O)C[NH+](CC)CC(=O)NNC(=O)COc1ccc(Br)cc1. The van der Waals surface area contributed by atoms with Gasteiger partial charge in [-0.05, 0) is 38.1 Å². The van der Waals surface area contributed by atoms with Crippen molar-refractivity contribution in [3.8, 4) is 5.75 Å². The molecule has 3 amide bonds. The Labute approximate surface area is 155 Å². The molecule has 0 saturated heterocycles. The van der Waals surface area contributed by atoms with Gasteiger partial charge in [0, 0.05) is 11.0 Å². The van der Waals surface area contributed by atoms with Gasteiger partial charge in [-0.3, -0.25) is 25.2 Å². The van der Waals surface area contributed by atoms with E-state index in [1.54, 1.807) is 24.3 Å². The predicted octanol–water partition coefficient (Wildman–Crippen LogP) is -0.984. The van der Waals surface area contributed by atoms with Crippen LogP contribution in [0.5, 0.6) is 5.75 Å². The third-order valence-electron chi connectivity index (χ3n) is 3.22. The van der Waals surface area contributed by atoms with Crippen LogP contribution < -0.4 is 25.8 Å². The Balaban J connectivity index is 2.28. The van der Waals surface area contributed by atoms with Crippen molar-refractivity contribution in [2.75, 3.05) is 32.8 Å². The van der Waals surface area contributed by atoms with E-state index in [0.29, 0.717) is 18.8 Å². The van der Waals surface area contributed by atoms with Crippen LogP contribution in [0.4, 0.5) is 0 Å². The Hall–Kier alpha value is -2.13. The molecule has 0 radical (unpaired) electrons. The van der Waals surface area contributed by atoms with Crippen molar-refractivity contribution in [1.29, 1.82) is 0 Å². The zero-order valence-electron chi connectivity index (χ0n) is 14.4. The van der Waals surface area contributed by atoms with Crippen LogP contribution in [-0.4, -0.2) is 50.5 Å². The van der Waals surface area contributed by atoms with Crippen LogP contribution in [0.2, 0.25) is 0 Å². The molecule has 25 heavy (non-hydrogen) atoms. The first-order chi connectivity index (χ1) is 11.9. The Morgan fingerprint density at radius 1 is 1.00 bits per heavy atom. The number of carbonyl (C=O) groups excluding carboxylic acids is 3. The lowest BCUT2D eigenvalue weighted by molar-refractivity contribution is -0.881. The summed E-state index contributed by atoms with van der Waals surface area (Å²) in [5.74, 6) is -0.413. The average Bonchev–Trinajstić information content (AvgIpc) is 2.59. The monoisotopic (exact) mass is 415 g/mol. The molecule has 9 heteroatoms. The number of rotatable bonds is 9. The summed E-state index contributed by atoms with van der Waals surface area (Å²) in [6.45, 7) is 4.96. The van der Waals surface area contributed by atoms with E-state index in [4.69, 9.17) is 4.74 Å². The number of amides is 3. The molecule has 0 aliphatic rings. The second-order valence-corrected chi connectivity index (χ2v) is 6.17. The molecule has 0 fully saturated rings. The highest BCUT2D eigenvalue weighted by atomic mass is 79.9.